The van der Waals surface area contributed by atoms with Crippen molar-refractivity contribution in [2.45, 2.75) is 20.8 Å². The predicted molar refractivity (Wildman–Crippen MR) is 99.9 cm³/mol. The lowest BCUT2D eigenvalue weighted by atomic mass is 9.93. The van der Waals surface area contributed by atoms with Gasteiger partial charge in [-0.25, -0.2) is 0 Å². The van der Waals surface area contributed by atoms with Crippen LogP contribution in [0.5, 0.6) is 0 Å². The number of amides is 1. The maximum absolute atomic E-state index is 12.8. The van der Waals surface area contributed by atoms with Gasteiger partial charge in [0.05, 0.1) is 11.4 Å². The quantitative estimate of drug-likeness (QED) is 0.937. The van der Waals surface area contributed by atoms with Crippen molar-refractivity contribution in [1.82, 2.24) is 14.8 Å². The Morgan fingerprint density at radius 1 is 1.33 bits per heavy atom. The summed E-state index contributed by atoms with van der Waals surface area (Å²) in [5.74, 6) is 0.170. The fourth-order valence-corrected chi connectivity index (χ4v) is 3.70. The molecule has 0 spiro atoms. The highest BCUT2D eigenvalue weighted by Crippen LogP contribution is 2.30. The highest BCUT2D eigenvalue weighted by atomic mass is 16.2. The molecule has 0 fully saturated rings. The van der Waals surface area contributed by atoms with Crippen LogP contribution in [0.2, 0.25) is 0 Å². The third-order valence-electron chi connectivity index (χ3n) is 5.01. The molecular formula is C20H27N3O. The van der Waals surface area contributed by atoms with Crippen LogP contribution in [0.3, 0.4) is 0 Å². The van der Waals surface area contributed by atoms with Gasteiger partial charge in [0.15, 0.2) is 0 Å². The maximum atomic E-state index is 12.8. The van der Waals surface area contributed by atoms with Crippen molar-refractivity contribution in [3.63, 3.8) is 0 Å². The average Bonchev–Trinajstić information content (AvgIpc) is 2.96. The summed E-state index contributed by atoms with van der Waals surface area (Å²) < 4.78 is 0. The average molecular weight is 325 g/mol. The molecule has 1 amide bonds. The topological polar surface area (TPSA) is 39.3 Å². The van der Waals surface area contributed by atoms with Gasteiger partial charge < -0.3 is 14.8 Å². The summed E-state index contributed by atoms with van der Waals surface area (Å²) in [5, 5.41) is 1.26. The number of carbonyl (C=O) groups excluding carboxylic acids is 1. The number of fused-ring (bicyclic) bond motifs is 1. The lowest BCUT2D eigenvalue weighted by Gasteiger charge is -2.32. The lowest BCUT2D eigenvalue weighted by molar-refractivity contribution is -0.134. The molecule has 1 N–H and O–H groups in total. The number of aryl methyl sites for hydroxylation is 1. The summed E-state index contributed by atoms with van der Waals surface area (Å²) in [7, 11) is 2.09. The van der Waals surface area contributed by atoms with Crippen molar-refractivity contribution in [3.8, 4) is 0 Å². The molecule has 128 valence electrons. The van der Waals surface area contributed by atoms with Crippen LogP contribution in [0.25, 0.3) is 16.5 Å². The van der Waals surface area contributed by atoms with Crippen LogP contribution in [-0.2, 0) is 4.79 Å². The molecule has 4 heteroatoms. The first-order chi connectivity index (χ1) is 11.5. The van der Waals surface area contributed by atoms with Gasteiger partial charge in [0.2, 0.25) is 5.91 Å². The van der Waals surface area contributed by atoms with Crippen molar-refractivity contribution in [2.24, 2.45) is 5.92 Å². The normalized spacial score (nSPS) is 18.7. The summed E-state index contributed by atoms with van der Waals surface area (Å²) in [6, 6.07) is 6.41. The van der Waals surface area contributed by atoms with Crippen molar-refractivity contribution < 1.29 is 4.79 Å². The van der Waals surface area contributed by atoms with E-state index in [0.717, 1.165) is 26.2 Å². The van der Waals surface area contributed by atoms with E-state index in [1.165, 1.54) is 27.6 Å². The van der Waals surface area contributed by atoms with Gasteiger partial charge in [-0.05, 0) is 39.0 Å². The Kier molecular flexibility index (Phi) is 4.76. The largest absolute Gasteiger partial charge is 0.360 e. The number of nitrogens with one attached hydrogen (secondary N) is 1. The van der Waals surface area contributed by atoms with Crippen LogP contribution in [0.1, 0.15) is 25.0 Å². The van der Waals surface area contributed by atoms with Gasteiger partial charge in [0.25, 0.3) is 0 Å². The zero-order valence-corrected chi connectivity index (χ0v) is 15.1. The van der Waals surface area contributed by atoms with E-state index in [0.29, 0.717) is 0 Å². The van der Waals surface area contributed by atoms with Gasteiger partial charge in [-0.3, -0.25) is 4.79 Å². The molecule has 1 unspecified atom stereocenters. The van der Waals surface area contributed by atoms with E-state index in [2.05, 4.69) is 54.3 Å². The molecule has 1 aliphatic heterocycles. The summed E-state index contributed by atoms with van der Waals surface area (Å²) in [4.78, 5) is 20.4. The van der Waals surface area contributed by atoms with Crippen molar-refractivity contribution in [2.75, 3.05) is 33.2 Å². The first-order valence-electron chi connectivity index (χ1n) is 8.80. The number of carbonyl (C=O) groups is 1. The van der Waals surface area contributed by atoms with Crippen LogP contribution in [-0.4, -0.2) is 53.9 Å². The zero-order valence-electron chi connectivity index (χ0n) is 15.1. The van der Waals surface area contributed by atoms with Gasteiger partial charge in [0.1, 0.15) is 0 Å². The standard InChI is InChI=1S/C20H27N3O/c1-5-23(6-2)20(24)16-10-15(12-22(4)13-16)18-9-7-8-17-14(3)11-21-19(17)18/h7-11,16,21H,5-6,12-13H2,1-4H3. The maximum Gasteiger partial charge on any atom is 0.230 e. The summed E-state index contributed by atoms with van der Waals surface area (Å²) in [5.41, 5.74) is 4.88. The molecule has 2 heterocycles. The Bertz CT molecular complexity index is 770. The SMILES string of the molecule is CCN(CC)C(=O)C1C=C(c2cccc3c(C)c[nH]c23)CN(C)C1. The highest BCUT2D eigenvalue weighted by molar-refractivity contribution is 5.95. The predicted octanol–water partition coefficient (Wildman–Crippen LogP) is 3.29. The van der Waals surface area contributed by atoms with Crippen LogP contribution in [0.4, 0.5) is 0 Å². The number of likely N-dealkylation sites (N-methyl/N-ethyl adjacent to an activating group) is 1. The molecule has 24 heavy (non-hydrogen) atoms. The van der Waals surface area contributed by atoms with Gasteiger partial charge >= 0.3 is 0 Å². The molecule has 0 bridgehead atoms. The lowest BCUT2D eigenvalue weighted by Crippen LogP contribution is -2.42. The molecule has 4 nitrogen and oxygen atoms in total. The Hall–Kier alpha value is -2.07. The number of para-hydroxylation sites is 1. The smallest absolute Gasteiger partial charge is 0.230 e. The minimum atomic E-state index is -0.0648. The van der Waals surface area contributed by atoms with Crippen LogP contribution < -0.4 is 0 Å². The first-order valence-corrected chi connectivity index (χ1v) is 8.80. The van der Waals surface area contributed by atoms with Gasteiger partial charge in [-0.1, -0.05) is 24.3 Å². The highest BCUT2D eigenvalue weighted by Gasteiger charge is 2.27. The van der Waals surface area contributed by atoms with Crippen LogP contribution in [0.15, 0.2) is 30.5 Å². The molecular weight excluding hydrogens is 298 g/mol. The first kappa shape index (κ1) is 16.8. The molecule has 1 aromatic carbocycles. The van der Waals surface area contributed by atoms with E-state index in [1.807, 2.05) is 18.7 Å². The number of H-pyrrole nitrogens is 1. The molecule has 0 radical (unpaired) electrons. The number of aromatic nitrogens is 1. The monoisotopic (exact) mass is 325 g/mol. The molecule has 1 aromatic heterocycles. The number of rotatable bonds is 4. The fraction of sp³-hybridized carbons (Fsp3) is 0.450. The number of aromatic amines is 1. The molecule has 2 aromatic rings. The zero-order chi connectivity index (χ0) is 17.3. The summed E-state index contributed by atoms with van der Waals surface area (Å²) in [6.07, 6.45) is 4.24. The third-order valence-corrected chi connectivity index (χ3v) is 5.01. The van der Waals surface area contributed by atoms with Crippen molar-refractivity contribution in [1.29, 1.82) is 0 Å². The Balaban J connectivity index is 2.01. The van der Waals surface area contributed by atoms with E-state index >= 15 is 0 Å². The molecule has 3 rings (SSSR count). The summed E-state index contributed by atoms with van der Waals surface area (Å²) >= 11 is 0. The van der Waals surface area contributed by atoms with Gasteiger partial charge in [-0.2, -0.15) is 0 Å². The second-order valence-electron chi connectivity index (χ2n) is 6.71. The second-order valence-corrected chi connectivity index (χ2v) is 6.71. The molecule has 1 atom stereocenters. The molecule has 0 saturated carbocycles. The number of hydrogen-bond acceptors (Lipinski definition) is 2. The van der Waals surface area contributed by atoms with E-state index in [1.54, 1.807) is 0 Å². The van der Waals surface area contributed by atoms with Crippen LogP contribution >= 0.6 is 0 Å². The van der Waals surface area contributed by atoms with Crippen molar-refractivity contribution >= 4 is 22.4 Å². The van der Waals surface area contributed by atoms with E-state index in [9.17, 15) is 4.79 Å². The van der Waals surface area contributed by atoms with E-state index in [-0.39, 0.29) is 11.8 Å². The van der Waals surface area contributed by atoms with Crippen LogP contribution in [0, 0.1) is 12.8 Å². The third kappa shape index (κ3) is 2.98. The fourth-order valence-electron chi connectivity index (χ4n) is 3.70. The Morgan fingerprint density at radius 2 is 2.08 bits per heavy atom. The minimum absolute atomic E-state index is 0.0648. The second kappa shape index (κ2) is 6.81. The molecule has 0 saturated heterocycles. The van der Waals surface area contributed by atoms with Gasteiger partial charge in [0, 0.05) is 43.3 Å². The minimum Gasteiger partial charge on any atom is -0.360 e. The van der Waals surface area contributed by atoms with E-state index in [4.69, 9.17) is 0 Å². The number of hydrogen-bond donors (Lipinski definition) is 1. The molecule has 1 aliphatic rings. The number of benzene rings is 1. The van der Waals surface area contributed by atoms with E-state index < -0.39 is 0 Å². The van der Waals surface area contributed by atoms with Crippen molar-refractivity contribution in [3.05, 3.63) is 41.6 Å². The summed E-state index contributed by atoms with van der Waals surface area (Å²) in [6.45, 7) is 9.41. The molecule has 0 aliphatic carbocycles. The Morgan fingerprint density at radius 3 is 2.79 bits per heavy atom. The van der Waals surface area contributed by atoms with Gasteiger partial charge in [-0.15, -0.1) is 0 Å². The Labute approximate surface area is 144 Å². The number of nitrogens with zero attached hydrogens (tertiary/aromatic N) is 2.